The van der Waals surface area contributed by atoms with E-state index >= 15 is 0 Å². The third kappa shape index (κ3) is 3.01. The van der Waals surface area contributed by atoms with Gasteiger partial charge in [-0.15, -0.1) is 0 Å². The normalized spacial score (nSPS) is 15.5. The maximum absolute atomic E-state index is 12.6. The van der Waals surface area contributed by atoms with Crippen molar-refractivity contribution in [3.8, 4) is 0 Å². The SMILES string of the molecule is CCN(C(=O)c1cc(C)nc(NN)n1)C1CCCC1. The van der Waals surface area contributed by atoms with E-state index in [4.69, 9.17) is 5.84 Å². The zero-order valence-electron chi connectivity index (χ0n) is 11.5. The molecule has 6 nitrogen and oxygen atoms in total. The summed E-state index contributed by atoms with van der Waals surface area (Å²) in [5.74, 6) is 5.57. The number of hydrogen-bond acceptors (Lipinski definition) is 5. The molecule has 104 valence electrons. The van der Waals surface area contributed by atoms with Gasteiger partial charge in [-0.3, -0.25) is 10.2 Å². The van der Waals surface area contributed by atoms with Crippen LogP contribution < -0.4 is 11.3 Å². The first-order valence-electron chi connectivity index (χ1n) is 6.79. The van der Waals surface area contributed by atoms with Crippen LogP contribution in [0.25, 0.3) is 0 Å². The molecule has 1 aliphatic carbocycles. The first-order chi connectivity index (χ1) is 9.15. The van der Waals surface area contributed by atoms with Crippen molar-refractivity contribution in [2.75, 3.05) is 12.0 Å². The van der Waals surface area contributed by atoms with E-state index in [0.29, 0.717) is 18.3 Å². The number of hydrogen-bond donors (Lipinski definition) is 2. The van der Waals surface area contributed by atoms with Crippen LogP contribution in [-0.4, -0.2) is 33.4 Å². The van der Waals surface area contributed by atoms with Gasteiger partial charge in [-0.1, -0.05) is 12.8 Å². The highest BCUT2D eigenvalue weighted by Gasteiger charge is 2.27. The van der Waals surface area contributed by atoms with Crippen LogP contribution >= 0.6 is 0 Å². The molecular weight excluding hydrogens is 242 g/mol. The Hall–Kier alpha value is -1.69. The minimum Gasteiger partial charge on any atom is -0.335 e. The summed E-state index contributed by atoms with van der Waals surface area (Å²) < 4.78 is 0. The summed E-state index contributed by atoms with van der Waals surface area (Å²) in [5, 5.41) is 0. The number of nitrogen functional groups attached to an aromatic ring is 1. The molecule has 0 aromatic carbocycles. The van der Waals surface area contributed by atoms with E-state index in [1.807, 2.05) is 18.7 Å². The second-order valence-electron chi connectivity index (χ2n) is 4.89. The molecule has 3 N–H and O–H groups in total. The molecule has 1 heterocycles. The van der Waals surface area contributed by atoms with Gasteiger partial charge < -0.3 is 4.90 Å². The van der Waals surface area contributed by atoms with E-state index in [-0.39, 0.29) is 11.9 Å². The average molecular weight is 263 g/mol. The first kappa shape index (κ1) is 13.7. The van der Waals surface area contributed by atoms with Crippen LogP contribution in [0, 0.1) is 6.92 Å². The topological polar surface area (TPSA) is 84.1 Å². The molecule has 0 aliphatic heterocycles. The van der Waals surface area contributed by atoms with Gasteiger partial charge in [0.15, 0.2) is 0 Å². The van der Waals surface area contributed by atoms with Gasteiger partial charge in [-0.05, 0) is 32.8 Å². The number of carbonyl (C=O) groups is 1. The summed E-state index contributed by atoms with van der Waals surface area (Å²) in [7, 11) is 0. The number of aryl methyl sites for hydroxylation is 1. The molecule has 6 heteroatoms. The van der Waals surface area contributed by atoms with Crippen molar-refractivity contribution in [3.05, 3.63) is 17.5 Å². The minimum atomic E-state index is -0.0311. The minimum absolute atomic E-state index is 0.0311. The highest BCUT2D eigenvalue weighted by atomic mass is 16.2. The molecule has 1 aliphatic rings. The Morgan fingerprint density at radius 2 is 2.16 bits per heavy atom. The van der Waals surface area contributed by atoms with E-state index in [1.165, 1.54) is 12.8 Å². The third-order valence-corrected chi connectivity index (χ3v) is 3.57. The number of nitrogens with one attached hydrogen (secondary N) is 1. The van der Waals surface area contributed by atoms with E-state index in [0.717, 1.165) is 18.5 Å². The molecule has 0 saturated heterocycles. The summed E-state index contributed by atoms with van der Waals surface area (Å²) in [4.78, 5) is 22.7. The van der Waals surface area contributed by atoms with E-state index in [9.17, 15) is 4.79 Å². The highest BCUT2D eigenvalue weighted by Crippen LogP contribution is 2.24. The highest BCUT2D eigenvalue weighted by molar-refractivity contribution is 5.92. The molecule has 0 spiro atoms. The number of rotatable bonds is 4. The van der Waals surface area contributed by atoms with Crippen LogP contribution in [0.1, 0.15) is 48.8 Å². The van der Waals surface area contributed by atoms with Crippen LogP contribution in [0.3, 0.4) is 0 Å². The van der Waals surface area contributed by atoms with E-state index < -0.39 is 0 Å². The molecule has 1 amide bonds. The fourth-order valence-corrected chi connectivity index (χ4v) is 2.67. The molecule has 0 bridgehead atoms. The van der Waals surface area contributed by atoms with Gasteiger partial charge in [0.25, 0.3) is 5.91 Å². The standard InChI is InChI=1S/C13H21N5O/c1-3-18(10-6-4-5-7-10)12(19)11-8-9(2)15-13(16-11)17-14/h8,10H,3-7,14H2,1-2H3,(H,15,16,17). The summed E-state index contributed by atoms with van der Waals surface area (Å²) in [6.07, 6.45) is 4.58. The number of hydrazine groups is 1. The second kappa shape index (κ2) is 5.97. The number of aromatic nitrogens is 2. The molecule has 1 aromatic rings. The number of nitrogens with two attached hydrogens (primary N) is 1. The van der Waals surface area contributed by atoms with Gasteiger partial charge in [-0.25, -0.2) is 15.8 Å². The van der Waals surface area contributed by atoms with Crippen molar-refractivity contribution < 1.29 is 4.79 Å². The lowest BCUT2D eigenvalue weighted by Crippen LogP contribution is -2.39. The van der Waals surface area contributed by atoms with Gasteiger partial charge in [0.05, 0.1) is 0 Å². The molecule has 0 unspecified atom stereocenters. The number of anilines is 1. The van der Waals surface area contributed by atoms with Crippen molar-refractivity contribution in [1.29, 1.82) is 0 Å². The average Bonchev–Trinajstić information content (AvgIpc) is 2.92. The summed E-state index contributed by atoms with van der Waals surface area (Å²) in [5.41, 5.74) is 3.54. The lowest BCUT2D eigenvalue weighted by atomic mass is 10.2. The van der Waals surface area contributed by atoms with Crippen LogP contribution in [0.5, 0.6) is 0 Å². The molecule has 1 saturated carbocycles. The van der Waals surface area contributed by atoms with Crippen molar-refractivity contribution in [3.63, 3.8) is 0 Å². The summed E-state index contributed by atoms with van der Waals surface area (Å²) in [6, 6.07) is 2.06. The molecule has 1 aromatic heterocycles. The Labute approximate surface area is 113 Å². The molecular formula is C13H21N5O. The van der Waals surface area contributed by atoms with Crippen LogP contribution in [0.4, 0.5) is 5.95 Å². The Morgan fingerprint density at radius 1 is 1.47 bits per heavy atom. The van der Waals surface area contributed by atoms with Gasteiger partial charge >= 0.3 is 0 Å². The predicted octanol–water partition coefficient (Wildman–Crippen LogP) is 1.48. The zero-order chi connectivity index (χ0) is 13.8. The molecule has 0 atom stereocenters. The molecule has 2 rings (SSSR count). The zero-order valence-corrected chi connectivity index (χ0v) is 11.5. The maximum Gasteiger partial charge on any atom is 0.272 e. The third-order valence-electron chi connectivity index (χ3n) is 3.57. The van der Waals surface area contributed by atoms with Crippen molar-refractivity contribution in [2.24, 2.45) is 5.84 Å². The Morgan fingerprint density at radius 3 is 2.74 bits per heavy atom. The Balaban J connectivity index is 2.23. The molecule has 1 fully saturated rings. The lowest BCUT2D eigenvalue weighted by Gasteiger charge is -2.27. The van der Waals surface area contributed by atoms with Gasteiger partial charge in [0.2, 0.25) is 5.95 Å². The largest absolute Gasteiger partial charge is 0.335 e. The van der Waals surface area contributed by atoms with Gasteiger partial charge in [-0.2, -0.15) is 0 Å². The molecule has 0 radical (unpaired) electrons. The van der Waals surface area contributed by atoms with Crippen molar-refractivity contribution in [1.82, 2.24) is 14.9 Å². The Bertz CT molecular complexity index is 456. The van der Waals surface area contributed by atoms with Crippen LogP contribution in [-0.2, 0) is 0 Å². The maximum atomic E-state index is 12.6. The van der Waals surface area contributed by atoms with Gasteiger partial charge in [0.1, 0.15) is 5.69 Å². The van der Waals surface area contributed by atoms with E-state index in [1.54, 1.807) is 6.07 Å². The molecule has 19 heavy (non-hydrogen) atoms. The van der Waals surface area contributed by atoms with Crippen LogP contribution in [0.15, 0.2) is 6.07 Å². The smallest absolute Gasteiger partial charge is 0.272 e. The predicted molar refractivity (Wildman–Crippen MR) is 73.5 cm³/mol. The van der Waals surface area contributed by atoms with Crippen molar-refractivity contribution in [2.45, 2.75) is 45.6 Å². The van der Waals surface area contributed by atoms with E-state index in [2.05, 4.69) is 15.4 Å². The fourth-order valence-electron chi connectivity index (χ4n) is 2.67. The van der Waals surface area contributed by atoms with Gasteiger partial charge in [0, 0.05) is 18.3 Å². The van der Waals surface area contributed by atoms with Crippen molar-refractivity contribution >= 4 is 11.9 Å². The summed E-state index contributed by atoms with van der Waals surface area (Å²) >= 11 is 0. The number of amides is 1. The summed E-state index contributed by atoms with van der Waals surface area (Å²) in [6.45, 7) is 4.54. The lowest BCUT2D eigenvalue weighted by molar-refractivity contribution is 0.0687. The Kier molecular flexibility index (Phi) is 4.31. The van der Waals surface area contributed by atoms with Crippen LogP contribution in [0.2, 0.25) is 0 Å². The number of carbonyl (C=O) groups excluding carboxylic acids is 1. The quantitative estimate of drug-likeness (QED) is 0.635. The first-order valence-corrected chi connectivity index (χ1v) is 6.79. The number of nitrogens with zero attached hydrogens (tertiary/aromatic N) is 3. The second-order valence-corrected chi connectivity index (χ2v) is 4.89. The fraction of sp³-hybridized carbons (Fsp3) is 0.615. The monoisotopic (exact) mass is 263 g/mol.